The van der Waals surface area contributed by atoms with E-state index in [1.807, 2.05) is 0 Å². The van der Waals surface area contributed by atoms with Crippen LogP contribution in [0.1, 0.15) is 65.2 Å². The maximum absolute atomic E-state index is 11.4. The van der Waals surface area contributed by atoms with Crippen molar-refractivity contribution in [2.24, 2.45) is 0 Å². The van der Waals surface area contributed by atoms with Gasteiger partial charge in [-0.05, 0) is 13.3 Å². The second kappa shape index (κ2) is 11.2. The smallest absolute Gasteiger partial charge is 0.313 e. The highest BCUT2D eigenvalue weighted by atomic mass is 16.5. The molecule has 0 aliphatic carbocycles. The van der Waals surface area contributed by atoms with Gasteiger partial charge in [0.25, 0.3) is 0 Å². The van der Waals surface area contributed by atoms with E-state index in [-0.39, 0.29) is 25.2 Å². The zero-order chi connectivity index (χ0) is 13.8. The summed E-state index contributed by atoms with van der Waals surface area (Å²) in [4.78, 5) is 22.5. The zero-order valence-corrected chi connectivity index (χ0v) is 11.6. The van der Waals surface area contributed by atoms with Crippen molar-refractivity contribution in [2.45, 2.75) is 71.3 Å². The lowest BCUT2D eigenvalue weighted by Crippen LogP contribution is -2.17. The van der Waals surface area contributed by atoms with Gasteiger partial charge in [-0.2, -0.15) is 0 Å². The number of hydrogen-bond donors (Lipinski definition) is 1. The van der Waals surface area contributed by atoms with E-state index in [0.29, 0.717) is 6.42 Å². The van der Waals surface area contributed by atoms with Crippen LogP contribution in [0.5, 0.6) is 0 Å². The molecule has 0 amide bonds. The Hall–Kier alpha value is -0.900. The van der Waals surface area contributed by atoms with Crippen LogP contribution in [0.2, 0.25) is 0 Å². The normalized spacial score (nSPS) is 12.2. The summed E-state index contributed by atoms with van der Waals surface area (Å²) in [5.74, 6) is -0.743. The molecular weight excluding hydrogens is 232 g/mol. The van der Waals surface area contributed by atoms with Gasteiger partial charge in [0.2, 0.25) is 0 Å². The number of Topliss-reactive ketones (excluding diaryl/α,β-unsaturated/α-hetero) is 1. The van der Waals surface area contributed by atoms with Crippen LogP contribution in [0.3, 0.4) is 0 Å². The number of hydrogen-bond acceptors (Lipinski definition) is 4. The van der Waals surface area contributed by atoms with E-state index < -0.39 is 12.1 Å². The van der Waals surface area contributed by atoms with Gasteiger partial charge in [0.1, 0.15) is 12.2 Å². The molecule has 1 atom stereocenters. The summed E-state index contributed by atoms with van der Waals surface area (Å²) in [5.41, 5.74) is 0. The van der Waals surface area contributed by atoms with Gasteiger partial charge in [-0.3, -0.25) is 9.59 Å². The number of rotatable bonds is 11. The maximum atomic E-state index is 11.4. The van der Waals surface area contributed by atoms with Crippen molar-refractivity contribution in [1.29, 1.82) is 0 Å². The molecule has 1 unspecified atom stereocenters. The first-order valence-corrected chi connectivity index (χ1v) is 6.95. The minimum atomic E-state index is -0.617. The van der Waals surface area contributed by atoms with Gasteiger partial charge >= 0.3 is 5.97 Å². The molecule has 0 aromatic rings. The predicted octanol–water partition coefficient (Wildman–Crippen LogP) is 2.62. The molecule has 0 heterocycles. The van der Waals surface area contributed by atoms with Gasteiger partial charge in [0.05, 0.1) is 12.7 Å². The van der Waals surface area contributed by atoms with E-state index >= 15 is 0 Å². The molecule has 0 rings (SSSR count). The van der Waals surface area contributed by atoms with Crippen LogP contribution >= 0.6 is 0 Å². The molecule has 0 saturated carbocycles. The molecule has 0 aromatic heterocycles. The second-order valence-electron chi connectivity index (χ2n) is 4.58. The quantitative estimate of drug-likeness (QED) is 0.351. The SMILES string of the molecule is CCCCCCCC(O)CC(=O)CC(=O)OCC. The third-order valence-corrected chi connectivity index (χ3v) is 2.75. The molecule has 0 aliphatic heterocycles. The number of esters is 1. The molecule has 4 heteroatoms. The first-order valence-electron chi connectivity index (χ1n) is 6.95. The van der Waals surface area contributed by atoms with Gasteiger partial charge < -0.3 is 9.84 Å². The number of carbonyl (C=O) groups is 2. The second-order valence-corrected chi connectivity index (χ2v) is 4.58. The van der Waals surface area contributed by atoms with Crippen LogP contribution in [-0.2, 0) is 14.3 Å². The highest BCUT2D eigenvalue weighted by Crippen LogP contribution is 2.10. The summed E-state index contributed by atoms with van der Waals surface area (Å²) in [5, 5.41) is 9.65. The van der Waals surface area contributed by atoms with E-state index in [0.717, 1.165) is 12.8 Å². The molecule has 0 spiro atoms. The van der Waals surface area contributed by atoms with Crippen molar-refractivity contribution in [3.05, 3.63) is 0 Å². The van der Waals surface area contributed by atoms with Crippen molar-refractivity contribution in [2.75, 3.05) is 6.61 Å². The number of aliphatic hydroxyl groups excluding tert-OH is 1. The highest BCUT2D eigenvalue weighted by Gasteiger charge is 2.14. The summed E-state index contributed by atoms with van der Waals surface area (Å²) in [6.45, 7) is 4.14. The van der Waals surface area contributed by atoms with Crippen LogP contribution < -0.4 is 0 Å². The number of ether oxygens (including phenoxy) is 1. The standard InChI is InChI=1S/C14H26O4/c1-3-5-6-7-8-9-12(15)10-13(16)11-14(17)18-4-2/h12,15H,3-11H2,1-2H3. The Balaban J connectivity index is 3.57. The number of ketones is 1. The fourth-order valence-corrected chi connectivity index (χ4v) is 1.79. The summed E-state index contributed by atoms with van der Waals surface area (Å²) in [6.07, 6.45) is 5.49. The molecule has 0 fully saturated rings. The summed E-state index contributed by atoms with van der Waals surface area (Å²) in [7, 11) is 0. The molecule has 1 N–H and O–H groups in total. The molecule has 106 valence electrons. The number of aliphatic hydroxyl groups is 1. The van der Waals surface area contributed by atoms with Crippen molar-refractivity contribution in [1.82, 2.24) is 0 Å². The van der Waals surface area contributed by atoms with Gasteiger partial charge in [0.15, 0.2) is 0 Å². The molecule has 18 heavy (non-hydrogen) atoms. The lowest BCUT2D eigenvalue weighted by molar-refractivity contribution is -0.145. The Labute approximate surface area is 110 Å². The van der Waals surface area contributed by atoms with Crippen LogP contribution in [0.25, 0.3) is 0 Å². The Kier molecular flexibility index (Phi) is 10.6. The van der Waals surface area contributed by atoms with Crippen LogP contribution in [-0.4, -0.2) is 29.6 Å². The summed E-state index contributed by atoms with van der Waals surface area (Å²) < 4.78 is 4.68. The monoisotopic (exact) mass is 258 g/mol. The lowest BCUT2D eigenvalue weighted by atomic mass is 10.0. The van der Waals surface area contributed by atoms with E-state index in [2.05, 4.69) is 11.7 Å². The highest BCUT2D eigenvalue weighted by molar-refractivity contribution is 5.95. The Morgan fingerprint density at radius 3 is 2.39 bits per heavy atom. The average Bonchev–Trinajstić information content (AvgIpc) is 2.28. The first kappa shape index (κ1) is 17.1. The topological polar surface area (TPSA) is 63.6 Å². The summed E-state index contributed by atoms with van der Waals surface area (Å²) in [6, 6.07) is 0. The fourth-order valence-electron chi connectivity index (χ4n) is 1.79. The minimum absolute atomic E-state index is 0.0621. The molecule has 0 bridgehead atoms. The van der Waals surface area contributed by atoms with Gasteiger partial charge in [-0.1, -0.05) is 39.0 Å². The van der Waals surface area contributed by atoms with Crippen molar-refractivity contribution in [3.8, 4) is 0 Å². The Morgan fingerprint density at radius 2 is 1.78 bits per heavy atom. The van der Waals surface area contributed by atoms with Crippen LogP contribution in [0, 0.1) is 0 Å². The number of unbranched alkanes of at least 4 members (excludes halogenated alkanes) is 4. The van der Waals surface area contributed by atoms with E-state index in [1.165, 1.54) is 19.3 Å². The largest absolute Gasteiger partial charge is 0.466 e. The first-order chi connectivity index (χ1) is 8.60. The van der Waals surface area contributed by atoms with Crippen molar-refractivity contribution < 1.29 is 19.4 Å². The Bertz CT molecular complexity index is 238. The third-order valence-electron chi connectivity index (χ3n) is 2.75. The molecule has 4 nitrogen and oxygen atoms in total. The van der Waals surface area contributed by atoms with Crippen molar-refractivity contribution >= 4 is 11.8 Å². The van der Waals surface area contributed by atoms with E-state index in [9.17, 15) is 14.7 Å². The number of carbonyl (C=O) groups excluding carboxylic acids is 2. The predicted molar refractivity (Wildman–Crippen MR) is 70.3 cm³/mol. The molecular formula is C14H26O4. The zero-order valence-electron chi connectivity index (χ0n) is 11.6. The van der Waals surface area contributed by atoms with E-state index in [4.69, 9.17) is 0 Å². The minimum Gasteiger partial charge on any atom is -0.466 e. The molecule has 0 aromatic carbocycles. The summed E-state index contributed by atoms with van der Waals surface area (Å²) >= 11 is 0. The van der Waals surface area contributed by atoms with Gasteiger partial charge in [-0.25, -0.2) is 0 Å². The third kappa shape index (κ3) is 10.3. The molecule has 0 saturated heterocycles. The lowest BCUT2D eigenvalue weighted by Gasteiger charge is -2.09. The average molecular weight is 258 g/mol. The van der Waals surface area contributed by atoms with E-state index in [1.54, 1.807) is 6.92 Å². The van der Waals surface area contributed by atoms with Gasteiger partial charge in [-0.15, -0.1) is 0 Å². The van der Waals surface area contributed by atoms with Crippen LogP contribution in [0.15, 0.2) is 0 Å². The Morgan fingerprint density at radius 1 is 1.11 bits per heavy atom. The maximum Gasteiger partial charge on any atom is 0.313 e. The van der Waals surface area contributed by atoms with Gasteiger partial charge in [0, 0.05) is 6.42 Å². The molecule has 0 radical (unpaired) electrons. The van der Waals surface area contributed by atoms with Crippen LogP contribution in [0.4, 0.5) is 0 Å². The fraction of sp³-hybridized carbons (Fsp3) is 0.857. The van der Waals surface area contributed by atoms with Crippen molar-refractivity contribution in [3.63, 3.8) is 0 Å². The molecule has 0 aliphatic rings.